The zero-order valence-corrected chi connectivity index (χ0v) is 19.0. The molecule has 0 bridgehead atoms. The Hall–Kier alpha value is -3.23. The van der Waals surface area contributed by atoms with Crippen LogP contribution in [0.1, 0.15) is 34.3 Å². The zero-order chi connectivity index (χ0) is 23.3. The van der Waals surface area contributed by atoms with Crippen molar-refractivity contribution in [1.82, 2.24) is 9.55 Å². The molecule has 33 heavy (non-hydrogen) atoms. The second kappa shape index (κ2) is 8.28. The fourth-order valence-corrected chi connectivity index (χ4v) is 4.89. The highest BCUT2D eigenvalue weighted by Gasteiger charge is 2.28. The molecule has 1 saturated heterocycles. The van der Waals surface area contributed by atoms with Gasteiger partial charge in [-0.2, -0.15) is 0 Å². The Bertz CT molecular complexity index is 1420. The minimum Gasteiger partial charge on any atom is -0.381 e. The van der Waals surface area contributed by atoms with Crippen LogP contribution in [-0.4, -0.2) is 41.1 Å². The number of aromatic amines is 1. The van der Waals surface area contributed by atoms with Gasteiger partial charge < -0.3 is 14.6 Å². The summed E-state index contributed by atoms with van der Waals surface area (Å²) < 4.78 is 6.78. The van der Waals surface area contributed by atoms with Gasteiger partial charge in [-0.1, -0.05) is 17.7 Å². The van der Waals surface area contributed by atoms with Crippen molar-refractivity contribution in [1.29, 1.82) is 10.8 Å². The van der Waals surface area contributed by atoms with Gasteiger partial charge in [-0.25, -0.2) is 0 Å². The fourth-order valence-electron chi connectivity index (χ4n) is 4.73. The summed E-state index contributed by atoms with van der Waals surface area (Å²) in [5.41, 5.74) is 3.12. The van der Waals surface area contributed by atoms with Crippen LogP contribution >= 0.6 is 11.6 Å². The number of ether oxygens (including phenoxy) is 1. The standard InChI is InChI=1S/C24H24ClN5O3/c1-13-10-18-20(30(22(27)23(31)28-18)21(26)15-5-8-33-9-6-15)12-17(13)24(32)29-7-4-14-2-3-16(25)11-19(14)29/h2-3,10-12,15,26-27H,4-9H2,1H3,(H,28,31). The van der Waals surface area contributed by atoms with Crippen LogP contribution in [0.5, 0.6) is 0 Å². The lowest BCUT2D eigenvalue weighted by Gasteiger charge is -2.25. The molecular formula is C24H24ClN5O3. The van der Waals surface area contributed by atoms with Crippen molar-refractivity contribution in [3.05, 3.63) is 67.9 Å². The van der Waals surface area contributed by atoms with E-state index in [9.17, 15) is 9.59 Å². The highest BCUT2D eigenvalue weighted by Crippen LogP contribution is 2.33. The molecule has 3 heterocycles. The maximum absolute atomic E-state index is 13.6. The molecule has 0 aliphatic carbocycles. The van der Waals surface area contributed by atoms with Crippen LogP contribution in [0.15, 0.2) is 35.1 Å². The first-order valence-corrected chi connectivity index (χ1v) is 11.3. The summed E-state index contributed by atoms with van der Waals surface area (Å²) >= 11 is 6.18. The maximum Gasteiger partial charge on any atom is 0.291 e. The molecule has 0 atom stereocenters. The normalized spacial score (nSPS) is 16.2. The number of aryl methyl sites for hydroxylation is 1. The van der Waals surface area contributed by atoms with Gasteiger partial charge in [-0.05, 0) is 61.6 Å². The van der Waals surface area contributed by atoms with E-state index in [1.165, 1.54) is 4.57 Å². The van der Waals surface area contributed by atoms with E-state index in [0.29, 0.717) is 59.8 Å². The van der Waals surface area contributed by atoms with E-state index in [4.69, 9.17) is 27.2 Å². The molecule has 8 nitrogen and oxygen atoms in total. The third kappa shape index (κ3) is 3.69. The fraction of sp³-hybridized carbons (Fsp3) is 0.333. The number of nitrogens with zero attached hydrogens (tertiary/aromatic N) is 2. The lowest BCUT2D eigenvalue weighted by Crippen LogP contribution is -2.43. The number of rotatable bonds is 2. The molecule has 1 fully saturated rings. The second-order valence-electron chi connectivity index (χ2n) is 8.57. The minimum atomic E-state index is -0.569. The number of hydrogen-bond donors (Lipinski definition) is 3. The summed E-state index contributed by atoms with van der Waals surface area (Å²) in [7, 11) is 0. The molecule has 2 aromatic carbocycles. The first-order valence-electron chi connectivity index (χ1n) is 11.0. The number of nitrogens with one attached hydrogen (secondary N) is 3. The lowest BCUT2D eigenvalue weighted by molar-refractivity contribution is 0.0819. The highest BCUT2D eigenvalue weighted by atomic mass is 35.5. The smallest absolute Gasteiger partial charge is 0.291 e. The van der Waals surface area contributed by atoms with Crippen LogP contribution in [0.25, 0.3) is 11.0 Å². The van der Waals surface area contributed by atoms with Crippen molar-refractivity contribution in [2.45, 2.75) is 26.2 Å². The van der Waals surface area contributed by atoms with Gasteiger partial charge in [0.25, 0.3) is 11.5 Å². The maximum atomic E-state index is 13.6. The third-order valence-electron chi connectivity index (χ3n) is 6.54. The van der Waals surface area contributed by atoms with E-state index in [-0.39, 0.29) is 23.1 Å². The topological polar surface area (TPSA) is 115 Å². The Balaban J connectivity index is 1.64. The monoisotopic (exact) mass is 465 g/mol. The molecule has 5 rings (SSSR count). The van der Waals surface area contributed by atoms with E-state index in [2.05, 4.69) is 4.98 Å². The Kier molecular flexibility index (Phi) is 5.42. The summed E-state index contributed by atoms with van der Waals surface area (Å²) in [6.07, 6.45) is 2.06. The largest absolute Gasteiger partial charge is 0.381 e. The molecule has 3 aromatic rings. The van der Waals surface area contributed by atoms with Crippen LogP contribution in [0.2, 0.25) is 5.02 Å². The minimum absolute atomic E-state index is 0.120. The molecule has 0 unspecified atom stereocenters. The van der Waals surface area contributed by atoms with Crippen LogP contribution in [0.4, 0.5) is 5.69 Å². The Labute approximate surface area is 194 Å². The number of amides is 1. The number of fused-ring (bicyclic) bond motifs is 2. The highest BCUT2D eigenvalue weighted by molar-refractivity contribution is 6.31. The van der Waals surface area contributed by atoms with Gasteiger partial charge in [0, 0.05) is 41.9 Å². The number of aromatic nitrogens is 2. The van der Waals surface area contributed by atoms with Crippen LogP contribution in [0, 0.1) is 23.7 Å². The van der Waals surface area contributed by atoms with Crippen molar-refractivity contribution >= 4 is 40.1 Å². The number of carbonyl (C=O) groups is 1. The van der Waals surface area contributed by atoms with Crippen LogP contribution in [0.3, 0.4) is 0 Å². The number of hydrogen-bond acceptors (Lipinski definition) is 5. The predicted molar refractivity (Wildman–Crippen MR) is 127 cm³/mol. The molecule has 1 aromatic heterocycles. The van der Waals surface area contributed by atoms with Gasteiger partial charge in [0.15, 0.2) is 5.49 Å². The first-order chi connectivity index (χ1) is 15.8. The molecular weight excluding hydrogens is 442 g/mol. The summed E-state index contributed by atoms with van der Waals surface area (Å²) in [4.78, 5) is 30.5. The molecule has 0 saturated carbocycles. The van der Waals surface area contributed by atoms with Crippen LogP contribution < -0.4 is 15.9 Å². The molecule has 0 spiro atoms. The number of halogens is 1. The van der Waals surface area contributed by atoms with Gasteiger partial charge in [-0.15, -0.1) is 0 Å². The molecule has 1 amide bonds. The average molecular weight is 466 g/mol. The van der Waals surface area contributed by atoms with Crippen molar-refractivity contribution in [3.63, 3.8) is 0 Å². The molecule has 170 valence electrons. The summed E-state index contributed by atoms with van der Waals surface area (Å²) in [6, 6.07) is 9.01. The van der Waals surface area contributed by atoms with Crippen LogP contribution in [-0.2, 0) is 11.2 Å². The summed E-state index contributed by atoms with van der Waals surface area (Å²) in [5, 5.41) is 17.7. The van der Waals surface area contributed by atoms with Crippen molar-refractivity contribution in [3.8, 4) is 0 Å². The Morgan fingerprint density at radius 2 is 1.97 bits per heavy atom. The van der Waals surface area contributed by atoms with E-state index in [1.807, 2.05) is 19.1 Å². The number of anilines is 1. The Morgan fingerprint density at radius 1 is 1.21 bits per heavy atom. The van der Waals surface area contributed by atoms with Gasteiger partial charge in [0.05, 0.1) is 11.0 Å². The van der Waals surface area contributed by atoms with Crippen molar-refractivity contribution in [2.24, 2.45) is 5.92 Å². The molecule has 2 aliphatic rings. The summed E-state index contributed by atoms with van der Waals surface area (Å²) in [6.45, 7) is 3.46. The van der Waals surface area contributed by atoms with E-state index in [0.717, 1.165) is 17.7 Å². The Morgan fingerprint density at radius 3 is 2.73 bits per heavy atom. The van der Waals surface area contributed by atoms with Gasteiger partial charge in [-0.3, -0.25) is 25.0 Å². The molecule has 0 radical (unpaired) electrons. The summed E-state index contributed by atoms with van der Waals surface area (Å²) in [5.74, 6) is -0.108. The SMILES string of the molecule is Cc1cc2[nH]c(=O)c(=N)n(C(=N)C3CCOCC3)c2cc1C(=O)N1CCc2ccc(Cl)cc21. The van der Waals surface area contributed by atoms with E-state index < -0.39 is 5.56 Å². The number of benzene rings is 2. The quantitative estimate of drug-likeness (QED) is 0.398. The first kappa shape index (κ1) is 21.6. The van der Waals surface area contributed by atoms with Crippen molar-refractivity contribution in [2.75, 3.05) is 24.7 Å². The van der Waals surface area contributed by atoms with Crippen molar-refractivity contribution < 1.29 is 9.53 Å². The molecule has 3 N–H and O–H groups in total. The average Bonchev–Trinajstić information content (AvgIpc) is 3.22. The number of carbonyl (C=O) groups excluding carboxylic acids is 1. The molecule has 9 heteroatoms. The van der Waals surface area contributed by atoms with Gasteiger partial charge in [0.1, 0.15) is 5.84 Å². The van der Waals surface area contributed by atoms with E-state index >= 15 is 0 Å². The van der Waals surface area contributed by atoms with Gasteiger partial charge >= 0.3 is 0 Å². The van der Waals surface area contributed by atoms with Gasteiger partial charge in [0.2, 0.25) is 0 Å². The zero-order valence-electron chi connectivity index (χ0n) is 18.2. The lowest BCUT2D eigenvalue weighted by atomic mass is 9.98. The third-order valence-corrected chi connectivity index (χ3v) is 6.77. The second-order valence-corrected chi connectivity index (χ2v) is 9.01. The molecule has 2 aliphatic heterocycles. The predicted octanol–water partition coefficient (Wildman–Crippen LogP) is 3.23. The number of H-pyrrole nitrogens is 1. The van der Waals surface area contributed by atoms with E-state index in [1.54, 1.807) is 23.1 Å².